The Labute approximate surface area is 141 Å². The maximum atomic E-state index is 5.82. The molecule has 0 radical (unpaired) electrons. The summed E-state index contributed by atoms with van der Waals surface area (Å²) in [5.74, 6) is 0. The first-order valence-corrected chi connectivity index (χ1v) is 7.96. The van der Waals surface area contributed by atoms with E-state index < -0.39 is 0 Å². The molecule has 0 amide bonds. The average Bonchev–Trinajstić information content (AvgIpc) is 2.62. The van der Waals surface area contributed by atoms with Crippen LogP contribution in [0.3, 0.4) is 0 Å². The second-order valence-corrected chi connectivity index (χ2v) is 5.95. The maximum absolute atomic E-state index is 5.82. The van der Waals surface area contributed by atoms with Crippen molar-refractivity contribution in [1.29, 1.82) is 0 Å². The van der Waals surface area contributed by atoms with E-state index >= 15 is 0 Å². The van der Waals surface area contributed by atoms with Gasteiger partial charge >= 0.3 is 0 Å². The molecule has 0 atom stereocenters. The second kappa shape index (κ2) is 5.74. The SMILES string of the molecule is Nc1ccc(-c2ccc(-c3ccc(N)cc3)c3ccccc23)cc1. The van der Waals surface area contributed by atoms with E-state index in [0.717, 1.165) is 11.4 Å². The smallest absolute Gasteiger partial charge is 0.0314 e. The van der Waals surface area contributed by atoms with Crippen LogP contribution in [0.25, 0.3) is 33.0 Å². The summed E-state index contributed by atoms with van der Waals surface area (Å²) in [6.07, 6.45) is 0. The lowest BCUT2D eigenvalue weighted by Crippen LogP contribution is -1.88. The van der Waals surface area contributed by atoms with Crippen LogP contribution in [0.4, 0.5) is 11.4 Å². The van der Waals surface area contributed by atoms with E-state index in [1.807, 2.05) is 24.3 Å². The van der Waals surface area contributed by atoms with Gasteiger partial charge in [-0.05, 0) is 57.3 Å². The normalized spacial score (nSPS) is 10.8. The molecular formula is C22H18N2. The fourth-order valence-corrected chi connectivity index (χ4v) is 3.13. The van der Waals surface area contributed by atoms with Gasteiger partial charge in [0.1, 0.15) is 0 Å². The third-order valence-electron chi connectivity index (χ3n) is 4.37. The Bertz CT molecular complexity index is 916. The van der Waals surface area contributed by atoms with Crippen molar-refractivity contribution in [2.45, 2.75) is 0 Å². The van der Waals surface area contributed by atoms with Crippen LogP contribution in [0.15, 0.2) is 84.9 Å². The molecule has 4 aromatic rings. The van der Waals surface area contributed by atoms with Crippen LogP contribution >= 0.6 is 0 Å². The summed E-state index contributed by atoms with van der Waals surface area (Å²) < 4.78 is 0. The monoisotopic (exact) mass is 310 g/mol. The number of rotatable bonds is 2. The van der Waals surface area contributed by atoms with E-state index in [2.05, 4.69) is 60.7 Å². The summed E-state index contributed by atoms with van der Waals surface area (Å²) in [5, 5.41) is 2.47. The fraction of sp³-hybridized carbons (Fsp3) is 0. The minimum Gasteiger partial charge on any atom is -0.399 e. The average molecular weight is 310 g/mol. The number of nitrogen functional groups attached to an aromatic ring is 2. The lowest BCUT2D eigenvalue weighted by Gasteiger charge is -2.12. The predicted octanol–water partition coefficient (Wildman–Crippen LogP) is 5.34. The summed E-state index contributed by atoms with van der Waals surface area (Å²) in [6.45, 7) is 0. The highest BCUT2D eigenvalue weighted by atomic mass is 14.5. The molecule has 0 unspecified atom stereocenters. The molecule has 0 heterocycles. The molecule has 0 saturated heterocycles. The van der Waals surface area contributed by atoms with Crippen molar-refractivity contribution in [3.05, 3.63) is 84.9 Å². The number of fused-ring (bicyclic) bond motifs is 1. The zero-order valence-corrected chi connectivity index (χ0v) is 13.2. The number of hydrogen-bond donors (Lipinski definition) is 2. The molecule has 0 aromatic heterocycles. The molecule has 0 aliphatic rings. The zero-order valence-electron chi connectivity index (χ0n) is 13.2. The Morgan fingerprint density at radius 1 is 0.417 bits per heavy atom. The highest BCUT2D eigenvalue weighted by Crippen LogP contribution is 2.35. The van der Waals surface area contributed by atoms with E-state index in [-0.39, 0.29) is 0 Å². The van der Waals surface area contributed by atoms with Crippen molar-refractivity contribution < 1.29 is 0 Å². The van der Waals surface area contributed by atoms with Gasteiger partial charge < -0.3 is 11.5 Å². The third kappa shape index (κ3) is 2.48. The van der Waals surface area contributed by atoms with Gasteiger partial charge in [-0.2, -0.15) is 0 Å². The molecule has 0 saturated carbocycles. The lowest BCUT2D eigenvalue weighted by molar-refractivity contribution is 1.62. The molecule has 2 heteroatoms. The van der Waals surface area contributed by atoms with Crippen molar-refractivity contribution >= 4 is 22.1 Å². The van der Waals surface area contributed by atoms with Crippen LogP contribution in [0.5, 0.6) is 0 Å². The van der Waals surface area contributed by atoms with Gasteiger partial charge in [0.2, 0.25) is 0 Å². The molecule has 0 bridgehead atoms. The quantitative estimate of drug-likeness (QED) is 0.491. The van der Waals surface area contributed by atoms with Crippen LogP contribution in [-0.2, 0) is 0 Å². The van der Waals surface area contributed by atoms with E-state index in [1.165, 1.54) is 33.0 Å². The Morgan fingerprint density at radius 3 is 1.17 bits per heavy atom. The van der Waals surface area contributed by atoms with Crippen molar-refractivity contribution in [2.75, 3.05) is 11.5 Å². The van der Waals surface area contributed by atoms with Crippen LogP contribution in [0.1, 0.15) is 0 Å². The molecule has 4 rings (SSSR count). The highest BCUT2D eigenvalue weighted by Gasteiger charge is 2.09. The first-order valence-electron chi connectivity index (χ1n) is 7.96. The molecule has 0 aliphatic carbocycles. The summed E-state index contributed by atoms with van der Waals surface area (Å²) in [6, 6.07) is 28.9. The van der Waals surface area contributed by atoms with E-state index in [0.29, 0.717) is 0 Å². The Hall–Kier alpha value is -3.26. The first-order chi connectivity index (χ1) is 11.7. The summed E-state index contributed by atoms with van der Waals surface area (Å²) in [5.41, 5.74) is 18.0. The van der Waals surface area contributed by atoms with Gasteiger partial charge in [-0.1, -0.05) is 60.7 Å². The zero-order chi connectivity index (χ0) is 16.5. The van der Waals surface area contributed by atoms with Crippen molar-refractivity contribution in [3.8, 4) is 22.3 Å². The van der Waals surface area contributed by atoms with Gasteiger partial charge in [-0.3, -0.25) is 0 Å². The summed E-state index contributed by atoms with van der Waals surface area (Å²) in [7, 11) is 0. The van der Waals surface area contributed by atoms with E-state index in [9.17, 15) is 0 Å². The molecule has 116 valence electrons. The van der Waals surface area contributed by atoms with Crippen molar-refractivity contribution in [1.82, 2.24) is 0 Å². The summed E-state index contributed by atoms with van der Waals surface area (Å²) in [4.78, 5) is 0. The number of nitrogens with two attached hydrogens (primary N) is 2. The predicted molar refractivity (Wildman–Crippen MR) is 104 cm³/mol. The van der Waals surface area contributed by atoms with Crippen molar-refractivity contribution in [2.24, 2.45) is 0 Å². The Kier molecular flexibility index (Phi) is 3.43. The lowest BCUT2D eigenvalue weighted by atomic mass is 9.92. The summed E-state index contributed by atoms with van der Waals surface area (Å²) >= 11 is 0. The fourth-order valence-electron chi connectivity index (χ4n) is 3.13. The van der Waals surface area contributed by atoms with Gasteiger partial charge in [0.05, 0.1) is 0 Å². The minimum atomic E-state index is 0.779. The van der Waals surface area contributed by atoms with Crippen LogP contribution in [0, 0.1) is 0 Å². The topological polar surface area (TPSA) is 52.0 Å². The molecule has 2 nitrogen and oxygen atoms in total. The molecule has 24 heavy (non-hydrogen) atoms. The van der Waals surface area contributed by atoms with E-state index in [1.54, 1.807) is 0 Å². The van der Waals surface area contributed by atoms with Gasteiger partial charge in [-0.15, -0.1) is 0 Å². The Morgan fingerprint density at radius 2 is 0.792 bits per heavy atom. The standard InChI is InChI=1S/C22H18N2/c23-17-9-5-15(6-10-17)19-13-14-20(16-7-11-18(24)12-8-16)22-4-2-1-3-21(19)22/h1-14H,23-24H2. The molecule has 0 spiro atoms. The highest BCUT2D eigenvalue weighted by molar-refractivity contribution is 6.05. The molecular weight excluding hydrogens is 292 g/mol. The maximum Gasteiger partial charge on any atom is 0.0314 e. The molecule has 0 aliphatic heterocycles. The molecule has 4 aromatic carbocycles. The second-order valence-electron chi connectivity index (χ2n) is 5.95. The van der Waals surface area contributed by atoms with Crippen LogP contribution in [-0.4, -0.2) is 0 Å². The minimum absolute atomic E-state index is 0.779. The van der Waals surface area contributed by atoms with Crippen molar-refractivity contribution in [3.63, 3.8) is 0 Å². The number of benzene rings is 4. The van der Waals surface area contributed by atoms with Gasteiger partial charge in [0.15, 0.2) is 0 Å². The van der Waals surface area contributed by atoms with Gasteiger partial charge in [0, 0.05) is 11.4 Å². The molecule has 0 fully saturated rings. The number of hydrogen-bond acceptors (Lipinski definition) is 2. The van der Waals surface area contributed by atoms with E-state index in [4.69, 9.17) is 11.5 Å². The van der Waals surface area contributed by atoms with Gasteiger partial charge in [0.25, 0.3) is 0 Å². The largest absolute Gasteiger partial charge is 0.399 e. The first kappa shape index (κ1) is 14.3. The molecule has 4 N–H and O–H groups in total. The third-order valence-corrected chi connectivity index (χ3v) is 4.37. The number of anilines is 2. The van der Waals surface area contributed by atoms with Gasteiger partial charge in [-0.25, -0.2) is 0 Å². The Balaban J connectivity index is 1.95. The van der Waals surface area contributed by atoms with Crippen LogP contribution in [0.2, 0.25) is 0 Å². The van der Waals surface area contributed by atoms with Crippen LogP contribution < -0.4 is 11.5 Å².